The standard InChI is InChI=1S/C14H19NO3/c1-15(11-3-4-11)9-12(16)10-2-5-13-14(8-10)18-7-6-17-13/h2,5,8,11-12,16H,3-4,6-7,9H2,1H3. The number of rotatable bonds is 4. The van der Waals surface area contributed by atoms with Crippen LogP contribution in [0.2, 0.25) is 0 Å². The lowest BCUT2D eigenvalue weighted by Crippen LogP contribution is -2.26. The number of fused-ring (bicyclic) bond motifs is 1. The average Bonchev–Trinajstić information content (AvgIpc) is 3.22. The van der Waals surface area contributed by atoms with Crippen molar-refractivity contribution in [2.24, 2.45) is 0 Å². The molecule has 0 bridgehead atoms. The lowest BCUT2D eigenvalue weighted by molar-refractivity contribution is 0.122. The molecule has 3 rings (SSSR count). The van der Waals surface area contributed by atoms with Crippen LogP contribution in [0.25, 0.3) is 0 Å². The fourth-order valence-corrected chi connectivity index (χ4v) is 2.31. The third-order valence-electron chi connectivity index (χ3n) is 3.58. The van der Waals surface area contributed by atoms with Crippen molar-refractivity contribution in [1.82, 2.24) is 4.90 Å². The lowest BCUT2D eigenvalue weighted by Gasteiger charge is -2.23. The van der Waals surface area contributed by atoms with Crippen molar-refractivity contribution in [3.63, 3.8) is 0 Å². The third-order valence-corrected chi connectivity index (χ3v) is 3.58. The maximum absolute atomic E-state index is 10.2. The van der Waals surface area contributed by atoms with Crippen molar-refractivity contribution in [2.45, 2.75) is 25.0 Å². The molecule has 1 saturated carbocycles. The average molecular weight is 249 g/mol. The molecular formula is C14H19NO3. The highest BCUT2D eigenvalue weighted by molar-refractivity contribution is 5.44. The van der Waals surface area contributed by atoms with Crippen LogP contribution < -0.4 is 9.47 Å². The molecule has 0 saturated heterocycles. The molecule has 1 N–H and O–H groups in total. The van der Waals surface area contributed by atoms with Crippen LogP contribution in [-0.4, -0.2) is 42.9 Å². The van der Waals surface area contributed by atoms with Crippen LogP contribution in [0.3, 0.4) is 0 Å². The fraction of sp³-hybridized carbons (Fsp3) is 0.571. The molecule has 0 radical (unpaired) electrons. The summed E-state index contributed by atoms with van der Waals surface area (Å²) in [5.41, 5.74) is 0.895. The van der Waals surface area contributed by atoms with Crippen LogP contribution in [0, 0.1) is 0 Å². The van der Waals surface area contributed by atoms with Crippen LogP contribution in [0.15, 0.2) is 18.2 Å². The number of nitrogens with zero attached hydrogens (tertiary/aromatic N) is 1. The molecule has 98 valence electrons. The molecule has 1 heterocycles. The largest absolute Gasteiger partial charge is 0.486 e. The first-order valence-electron chi connectivity index (χ1n) is 6.52. The van der Waals surface area contributed by atoms with Gasteiger partial charge in [-0.3, -0.25) is 0 Å². The first-order chi connectivity index (χ1) is 8.74. The first kappa shape index (κ1) is 11.8. The maximum atomic E-state index is 10.2. The molecule has 0 spiro atoms. The second-order valence-corrected chi connectivity index (χ2v) is 5.09. The molecule has 1 fully saturated rings. The predicted molar refractivity (Wildman–Crippen MR) is 68.0 cm³/mol. The zero-order chi connectivity index (χ0) is 12.5. The maximum Gasteiger partial charge on any atom is 0.161 e. The predicted octanol–water partition coefficient (Wildman–Crippen LogP) is 1.59. The van der Waals surface area contributed by atoms with Gasteiger partial charge in [0.1, 0.15) is 13.2 Å². The van der Waals surface area contributed by atoms with Gasteiger partial charge in [-0.2, -0.15) is 0 Å². The Morgan fingerprint density at radius 2 is 2.00 bits per heavy atom. The minimum Gasteiger partial charge on any atom is -0.486 e. The van der Waals surface area contributed by atoms with Gasteiger partial charge in [-0.05, 0) is 37.6 Å². The van der Waals surface area contributed by atoms with E-state index in [4.69, 9.17) is 9.47 Å². The van der Waals surface area contributed by atoms with E-state index in [1.54, 1.807) is 0 Å². The second-order valence-electron chi connectivity index (χ2n) is 5.09. The molecule has 1 atom stereocenters. The molecule has 1 aromatic rings. The van der Waals surface area contributed by atoms with Crippen molar-refractivity contribution in [2.75, 3.05) is 26.8 Å². The van der Waals surface area contributed by atoms with Gasteiger partial charge in [0.2, 0.25) is 0 Å². The van der Waals surface area contributed by atoms with Crippen molar-refractivity contribution in [1.29, 1.82) is 0 Å². The Hall–Kier alpha value is -1.26. The van der Waals surface area contributed by atoms with Gasteiger partial charge in [-0.15, -0.1) is 0 Å². The summed E-state index contributed by atoms with van der Waals surface area (Å²) in [6.07, 6.45) is 2.04. The second kappa shape index (κ2) is 4.78. The Labute approximate surface area is 107 Å². The molecule has 1 aliphatic heterocycles. The van der Waals surface area contributed by atoms with Crippen molar-refractivity contribution in [3.05, 3.63) is 23.8 Å². The van der Waals surface area contributed by atoms with Gasteiger partial charge in [0.15, 0.2) is 11.5 Å². The van der Waals surface area contributed by atoms with Crippen LogP contribution in [0.5, 0.6) is 11.5 Å². The van der Waals surface area contributed by atoms with Crippen LogP contribution in [0.1, 0.15) is 24.5 Å². The van der Waals surface area contributed by atoms with Crippen LogP contribution in [-0.2, 0) is 0 Å². The highest BCUT2D eigenvalue weighted by Crippen LogP contribution is 2.33. The zero-order valence-electron chi connectivity index (χ0n) is 10.6. The van der Waals surface area contributed by atoms with E-state index in [2.05, 4.69) is 11.9 Å². The Morgan fingerprint density at radius 1 is 1.28 bits per heavy atom. The third kappa shape index (κ3) is 2.44. The summed E-state index contributed by atoms with van der Waals surface area (Å²) in [6.45, 7) is 1.85. The van der Waals surface area contributed by atoms with Crippen molar-refractivity contribution >= 4 is 0 Å². The molecule has 2 aliphatic rings. The fourth-order valence-electron chi connectivity index (χ4n) is 2.31. The molecule has 1 unspecified atom stereocenters. The summed E-state index contributed by atoms with van der Waals surface area (Å²) in [6, 6.07) is 6.35. The van der Waals surface area contributed by atoms with E-state index in [1.165, 1.54) is 12.8 Å². The molecular weight excluding hydrogens is 230 g/mol. The van der Waals surface area contributed by atoms with Gasteiger partial charge in [-0.1, -0.05) is 6.07 Å². The highest BCUT2D eigenvalue weighted by atomic mass is 16.6. The van der Waals surface area contributed by atoms with Crippen LogP contribution >= 0.6 is 0 Å². The summed E-state index contributed by atoms with van der Waals surface area (Å²) in [5, 5.41) is 10.2. The number of hydrogen-bond donors (Lipinski definition) is 1. The Morgan fingerprint density at radius 3 is 2.72 bits per heavy atom. The molecule has 1 aliphatic carbocycles. The monoisotopic (exact) mass is 249 g/mol. The van der Waals surface area contributed by atoms with E-state index < -0.39 is 6.10 Å². The number of aliphatic hydroxyl groups is 1. The summed E-state index contributed by atoms with van der Waals surface area (Å²) >= 11 is 0. The van der Waals surface area contributed by atoms with Gasteiger partial charge in [0, 0.05) is 12.6 Å². The number of ether oxygens (including phenoxy) is 2. The highest BCUT2D eigenvalue weighted by Gasteiger charge is 2.27. The zero-order valence-corrected chi connectivity index (χ0v) is 10.6. The summed E-state index contributed by atoms with van der Waals surface area (Å²) < 4.78 is 11.0. The molecule has 4 heteroatoms. The number of aliphatic hydroxyl groups excluding tert-OH is 1. The van der Waals surface area contributed by atoms with E-state index in [1.807, 2.05) is 18.2 Å². The molecule has 18 heavy (non-hydrogen) atoms. The quantitative estimate of drug-likeness (QED) is 0.880. The minimum absolute atomic E-state index is 0.466. The van der Waals surface area contributed by atoms with Gasteiger partial charge in [0.25, 0.3) is 0 Å². The Kier molecular flexibility index (Phi) is 3.14. The van der Waals surface area contributed by atoms with E-state index in [0.717, 1.165) is 17.1 Å². The lowest BCUT2D eigenvalue weighted by atomic mass is 10.1. The van der Waals surface area contributed by atoms with E-state index in [9.17, 15) is 5.11 Å². The topological polar surface area (TPSA) is 41.9 Å². The number of hydrogen-bond acceptors (Lipinski definition) is 4. The van der Waals surface area contributed by atoms with Gasteiger partial charge in [0.05, 0.1) is 6.10 Å². The number of likely N-dealkylation sites (N-methyl/N-ethyl adjacent to an activating group) is 1. The Balaban J connectivity index is 1.70. The molecule has 0 amide bonds. The van der Waals surface area contributed by atoms with Crippen molar-refractivity contribution < 1.29 is 14.6 Å². The Bertz CT molecular complexity index is 431. The normalized spacial score (nSPS) is 19.9. The number of benzene rings is 1. The van der Waals surface area contributed by atoms with E-state index in [0.29, 0.717) is 25.8 Å². The summed E-state index contributed by atoms with van der Waals surface area (Å²) in [7, 11) is 2.07. The van der Waals surface area contributed by atoms with Crippen molar-refractivity contribution in [3.8, 4) is 11.5 Å². The van der Waals surface area contributed by atoms with Gasteiger partial charge >= 0.3 is 0 Å². The summed E-state index contributed by atoms with van der Waals surface area (Å²) in [5.74, 6) is 1.51. The van der Waals surface area contributed by atoms with E-state index >= 15 is 0 Å². The molecule has 4 nitrogen and oxygen atoms in total. The van der Waals surface area contributed by atoms with Crippen LogP contribution in [0.4, 0.5) is 0 Å². The van der Waals surface area contributed by atoms with E-state index in [-0.39, 0.29) is 0 Å². The van der Waals surface area contributed by atoms with Gasteiger partial charge in [-0.25, -0.2) is 0 Å². The first-order valence-corrected chi connectivity index (χ1v) is 6.52. The molecule has 1 aromatic carbocycles. The minimum atomic E-state index is -0.466. The summed E-state index contributed by atoms with van der Waals surface area (Å²) in [4.78, 5) is 2.22. The SMILES string of the molecule is CN(CC(O)c1ccc2c(c1)OCCO2)C1CC1. The van der Waals surface area contributed by atoms with Gasteiger partial charge < -0.3 is 19.5 Å². The smallest absolute Gasteiger partial charge is 0.161 e. The molecule has 0 aromatic heterocycles.